The molecule has 1 N–H and O–H groups in total. The molecule has 1 aromatic carbocycles. The van der Waals surface area contributed by atoms with Gasteiger partial charge in [0.15, 0.2) is 0 Å². The molecule has 3 rings (SSSR count). The molecule has 0 fully saturated rings. The number of anilines is 1. The number of nitrogens with zero attached hydrogens (tertiary/aromatic N) is 5. The summed E-state index contributed by atoms with van der Waals surface area (Å²) >= 11 is 5.74. The van der Waals surface area contributed by atoms with Crippen LogP contribution in [0.15, 0.2) is 24.3 Å². The van der Waals surface area contributed by atoms with E-state index in [0.717, 1.165) is 11.4 Å². The maximum absolute atomic E-state index is 12.3. The van der Waals surface area contributed by atoms with Gasteiger partial charge < -0.3 is 5.32 Å². The number of benzene rings is 1. The summed E-state index contributed by atoms with van der Waals surface area (Å²) in [4.78, 5) is 30.8. The molecule has 0 atom stereocenters. The van der Waals surface area contributed by atoms with Gasteiger partial charge in [-0.15, -0.1) is 5.10 Å². The third-order valence-corrected chi connectivity index (χ3v) is 3.54. The van der Waals surface area contributed by atoms with Crippen molar-refractivity contribution in [1.82, 2.24) is 19.6 Å². The first kappa shape index (κ1) is 15.8. The Labute approximate surface area is 140 Å². The van der Waals surface area contributed by atoms with Crippen LogP contribution in [0.4, 0.5) is 11.4 Å². The highest BCUT2D eigenvalue weighted by atomic mass is 35.5. The van der Waals surface area contributed by atoms with E-state index >= 15 is 0 Å². The average molecular weight is 347 g/mol. The van der Waals surface area contributed by atoms with Crippen LogP contribution >= 0.6 is 11.6 Å². The molecule has 0 spiro atoms. The fourth-order valence-electron chi connectivity index (χ4n) is 2.18. The molecule has 10 heteroatoms. The van der Waals surface area contributed by atoms with Crippen molar-refractivity contribution in [2.45, 2.75) is 13.8 Å². The second-order valence-electron chi connectivity index (χ2n) is 5.06. The molecule has 0 aliphatic carbocycles. The van der Waals surface area contributed by atoms with Crippen LogP contribution in [0.25, 0.3) is 5.78 Å². The predicted octanol–water partition coefficient (Wildman–Crippen LogP) is 2.56. The molecule has 9 nitrogen and oxygen atoms in total. The number of carbonyl (C=O) groups excluding carboxylic acids is 1. The number of amides is 1. The first-order valence-corrected chi connectivity index (χ1v) is 7.19. The summed E-state index contributed by atoms with van der Waals surface area (Å²) in [5.41, 5.74) is 1.46. The van der Waals surface area contributed by atoms with Gasteiger partial charge in [0.25, 0.3) is 17.4 Å². The summed E-state index contributed by atoms with van der Waals surface area (Å²) in [5, 5.41) is 17.5. The van der Waals surface area contributed by atoms with E-state index in [4.69, 9.17) is 11.6 Å². The van der Waals surface area contributed by atoms with Crippen molar-refractivity contribution >= 4 is 34.7 Å². The Bertz CT molecular complexity index is 984. The molecular formula is C14H11ClN6O3. The van der Waals surface area contributed by atoms with Gasteiger partial charge in [0, 0.05) is 23.1 Å². The number of carbonyl (C=O) groups is 1. The number of nitro benzene ring substituents is 1. The molecule has 0 bridgehead atoms. The van der Waals surface area contributed by atoms with E-state index in [1.807, 2.05) is 19.9 Å². The summed E-state index contributed by atoms with van der Waals surface area (Å²) in [6, 6.07) is 5.77. The van der Waals surface area contributed by atoms with E-state index in [0.29, 0.717) is 5.78 Å². The summed E-state index contributed by atoms with van der Waals surface area (Å²) < 4.78 is 1.45. The zero-order chi connectivity index (χ0) is 17.4. The molecule has 0 aliphatic rings. The van der Waals surface area contributed by atoms with Gasteiger partial charge in [0.1, 0.15) is 5.02 Å². The number of nitro groups is 1. The minimum absolute atomic E-state index is 0.0147. The van der Waals surface area contributed by atoms with Crippen LogP contribution in [0.2, 0.25) is 5.02 Å². The van der Waals surface area contributed by atoms with Crippen LogP contribution in [-0.4, -0.2) is 30.4 Å². The Morgan fingerprint density at radius 1 is 1.29 bits per heavy atom. The van der Waals surface area contributed by atoms with E-state index in [1.54, 1.807) is 0 Å². The van der Waals surface area contributed by atoms with Gasteiger partial charge in [0.05, 0.1) is 4.92 Å². The van der Waals surface area contributed by atoms with Crippen LogP contribution in [0.3, 0.4) is 0 Å². The first-order valence-electron chi connectivity index (χ1n) is 6.81. The van der Waals surface area contributed by atoms with E-state index < -0.39 is 10.8 Å². The maximum atomic E-state index is 12.3. The normalized spacial score (nSPS) is 10.8. The summed E-state index contributed by atoms with van der Waals surface area (Å²) in [6.45, 7) is 3.63. The van der Waals surface area contributed by atoms with Gasteiger partial charge in [-0.05, 0) is 32.0 Å². The monoisotopic (exact) mass is 346 g/mol. The third-order valence-electron chi connectivity index (χ3n) is 3.22. The average Bonchev–Trinajstić information content (AvgIpc) is 2.93. The highest BCUT2D eigenvalue weighted by Crippen LogP contribution is 2.27. The quantitative estimate of drug-likeness (QED) is 0.575. The van der Waals surface area contributed by atoms with Crippen molar-refractivity contribution in [2.75, 3.05) is 5.32 Å². The Hall–Kier alpha value is -3.07. The van der Waals surface area contributed by atoms with Crippen LogP contribution in [0.1, 0.15) is 22.0 Å². The van der Waals surface area contributed by atoms with Crippen molar-refractivity contribution in [3.05, 3.63) is 56.6 Å². The van der Waals surface area contributed by atoms with Crippen LogP contribution < -0.4 is 5.32 Å². The number of halogens is 1. The molecule has 0 unspecified atom stereocenters. The second-order valence-corrected chi connectivity index (χ2v) is 5.47. The molecule has 2 heterocycles. The van der Waals surface area contributed by atoms with Crippen molar-refractivity contribution in [1.29, 1.82) is 0 Å². The summed E-state index contributed by atoms with van der Waals surface area (Å²) in [7, 11) is 0. The molecule has 3 aromatic rings. The lowest BCUT2D eigenvalue weighted by Crippen LogP contribution is -2.14. The summed E-state index contributed by atoms with van der Waals surface area (Å²) in [5.74, 6) is -0.386. The lowest BCUT2D eigenvalue weighted by atomic mass is 10.3. The maximum Gasteiger partial charge on any atom is 0.295 e. The van der Waals surface area contributed by atoms with Crippen molar-refractivity contribution in [3.8, 4) is 0 Å². The lowest BCUT2D eigenvalue weighted by molar-refractivity contribution is -0.384. The number of rotatable bonds is 3. The van der Waals surface area contributed by atoms with Gasteiger partial charge in [-0.1, -0.05) is 11.6 Å². The minimum atomic E-state index is -0.628. The van der Waals surface area contributed by atoms with E-state index in [-0.39, 0.29) is 22.2 Å². The van der Waals surface area contributed by atoms with Crippen LogP contribution in [0.5, 0.6) is 0 Å². The minimum Gasteiger partial charge on any atom is -0.319 e. The number of fused-ring (bicyclic) bond motifs is 1. The number of hydrogen-bond acceptors (Lipinski definition) is 6. The first-order chi connectivity index (χ1) is 11.3. The highest BCUT2D eigenvalue weighted by molar-refractivity contribution is 6.32. The Morgan fingerprint density at radius 2 is 2.04 bits per heavy atom. The predicted molar refractivity (Wildman–Crippen MR) is 86.3 cm³/mol. The molecule has 24 heavy (non-hydrogen) atoms. The van der Waals surface area contributed by atoms with Crippen molar-refractivity contribution in [3.63, 3.8) is 0 Å². The fourth-order valence-corrected chi connectivity index (χ4v) is 2.37. The largest absolute Gasteiger partial charge is 0.319 e. The molecule has 2 aromatic heterocycles. The van der Waals surface area contributed by atoms with Gasteiger partial charge in [-0.2, -0.15) is 4.98 Å². The molecular weight excluding hydrogens is 336 g/mol. The molecule has 1 amide bonds. The third kappa shape index (κ3) is 2.88. The van der Waals surface area contributed by atoms with Gasteiger partial charge in [-0.3, -0.25) is 14.9 Å². The van der Waals surface area contributed by atoms with Gasteiger partial charge >= 0.3 is 0 Å². The second kappa shape index (κ2) is 5.85. The van der Waals surface area contributed by atoms with E-state index in [2.05, 4.69) is 20.4 Å². The van der Waals surface area contributed by atoms with E-state index in [9.17, 15) is 14.9 Å². The Balaban J connectivity index is 1.92. The molecule has 0 radical (unpaired) electrons. The van der Waals surface area contributed by atoms with Gasteiger partial charge in [0.2, 0.25) is 5.82 Å². The molecule has 0 aliphatic heterocycles. The van der Waals surface area contributed by atoms with E-state index in [1.165, 1.54) is 22.7 Å². The number of aryl methyl sites for hydroxylation is 2. The number of nitrogens with one attached hydrogen (secondary N) is 1. The van der Waals surface area contributed by atoms with Crippen LogP contribution in [-0.2, 0) is 0 Å². The van der Waals surface area contributed by atoms with Crippen LogP contribution in [0, 0.1) is 24.0 Å². The number of aromatic nitrogens is 4. The Kier molecular flexibility index (Phi) is 3.86. The Morgan fingerprint density at radius 3 is 2.75 bits per heavy atom. The lowest BCUT2D eigenvalue weighted by Gasteiger charge is -2.03. The highest BCUT2D eigenvalue weighted by Gasteiger charge is 2.18. The topological polar surface area (TPSA) is 115 Å². The zero-order valence-electron chi connectivity index (χ0n) is 12.6. The SMILES string of the molecule is Cc1cc(C)n2nc(C(=O)Nc3ccc(Cl)c([N+](=O)[O-])c3)nc2n1. The fraction of sp³-hybridized carbons (Fsp3) is 0.143. The zero-order valence-corrected chi connectivity index (χ0v) is 13.4. The van der Waals surface area contributed by atoms with Crippen molar-refractivity contribution in [2.24, 2.45) is 0 Å². The smallest absolute Gasteiger partial charge is 0.295 e. The van der Waals surface area contributed by atoms with Gasteiger partial charge in [-0.25, -0.2) is 9.50 Å². The number of hydrogen-bond donors (Lipinski definition) is 1. The molecule has 122 valence electrons. The summed E-state index contributed by atoms with van der Waals surface area (Å²) in [6.07, 6.45) is 0. The standard InChI is InChI=1S/C14H11ClN6O3/c1-7-5-8(2)20-14(16-7)18-12(19-20)13(22)17-9-3-4-10(15)11(6-9)21(23)24/h3-6H,1-2H3,(H,17,22). The van der Waals surface area contributed by atoms with Crippen molar-refractivity contribution < 1.29 is 9.72 Å². The molecule has 0 saturated heterocycles. The molecule has 0 saturated carbocycles.